The number of nitrogens with two attached hydrogens (primary N) is 1. The lowest BCUT2D eigenvalue weighted by atomic mass is 10.2. The topological polar surface area (TPSA) is 55.1 Å². The molecule has 5 heteroatoms. The van der Waals surface area contributed by atoms with Crippen LogP contribution in [0.4, 0.5) is 5.69 Å². The summed E-state index contributed by atoms with van der Waals surface area (Å²) in [6, 6.07) is 5.89. The van der Waals surface area contributed by atoms with Crippen molar-refractivity contribution in [3.05, 3.63) is 22.7 Å². The van der Waals surface area contributed by atoms with E-state index in [9.17, 15) is 4.79 Å². The molecule has 0 bridgehead atoms. The number of benzene rings is 1. The summed E-state index contributed by atoms with van der Waals surface area (Å²) in [7, 11) is 0. The van der Waals surface area contributed by atoms with Crippen molar-refractivity contribution in [3.8, 4) is 0 Å². The number of carbonyl (C=O) groups excluding carboxylic acids is 1. The van der Waals surface area contributed by atoms with Gasteiger partial charge in [-0.1, -0.05) is 6.07 Å². The average molecular weight is 287 g/mol. The number of halogens is 1. The molecule has 3 nitrogen and oxygen atoms in total. The first-order valence-electron chi connectivity index (χ1n) is 4.68. The summed E-state index contributed by atoms with van der Waals surface area (Å²) in [5.74, 6) is 0.0462. The SMILES string of the molecule is NCCC1Sc2cccc(Br)c2NC1=O. The van der Waals surface area contributed by atoms with Crippen molar-refractivity contribution < 1.29 is 4.79 Å². The molecule has 1 amide bonds. The van der Waals surface area contributed by atoms with Gasteiger partial charge < -0.3 is 11.1 Å². The van der Waals surface area contributed by atoms with Gasteiger partial charge in [-0.2, -0.15) is 0 Å². The van der Waals surface area contributed by atoms with Crippen LogP contribution in [-0.4, -0.2) is 17.7 Å². The molecule has 0 saturated heterocycles. The Bertz CT molecular complexity index is 397. The van der Waals surface area contributed by atoms with Crippen molar-refractivity contribution in [2.45, 2.75) is 16.6 Å². The first-order valence-corrected chi connectivity index (χ1v) is 6.35. The number of hydrogen-bond donors (Lipinski definition) is 2. The quantitative estimate of drug-likeness (QED) is 0.877. The number of amides is 1. The number of anilines is 1. The summed E-state index contributed by atoms with van der Waals surface area (Å²) >= 11 is 5.00. The standard InChI is InChI=1S/C10H11BrN2OS/c11-6-2-1-3-7-9(6)13-10(14)8(15-7)4-5-12/h1-3,8H,4-5,12H2,(H,13,14). The fourth-order valence-corrected chi connectivity index (χ4v) is 3.23. The van der Waals surface area contributed by atoms with E-state index in [0.29, 0.717) is 13.0 Å². The minimum Gasteiger partial charge on any atom is -0.330 e. The molecule has 0 aliphatic carbocycles. The molecular weight excluding hydrogens is 276 g/mol. The van der Waals surface area contributed by atoms with Gasteiger partial charge in [0, 0.05) is 9.37 Å². The second-order valence-electron chi connectivity index (χ2n) is 3.29. The minimum atomic E-state index is -0.0585. The zero-order valence-electron chi connectivity index (χ0n) is 8.00. The molecule has 1 aliphatic heterocycles. The van der Waals surface area contributed by atoms with E-state index < -0.39 is 0 Å². The van der Waals surface area contributed by atoms with Crippen molar-refractivity contribution in [1.29, 1.82) is 0 Å². The third kappa shape index (κ3) is 2.19. The zero-order chi connectivity index (χ0) is 10.8. The molecule has 0 aromatic heterocycles. The lowest BCUT2D eigenvalue weighted by Crippen LogP contribution is -2.30. The van der Waals surface area contributed by atoms with Crippen LogP contribution in [0.2, 0.25) is 0 Å². The Morgan fingerprint density at radius 2 is 2.33 bits per heavy atom. The van der Waals surface area contributed by atoms with Gasteiger partial charge in [0.1, 0.15) is 0 Å². The highest BCUT2D eigenvalue weighted by Crippen LogP contribution is 2.40. The Morgan fingerprint density at radius 3 is 3.07 bits per heavy atom. The van der Waals surface area contributed by atoms with Crippen LogP contribution in [0.15, 0.2) is 27.6 Å². The predicted molar refractivity (Wildman–Crippen MR) is 66.1 cm³/mol. The van der Waals surface area contributed by atoms with E-state index >= 15 is 0 Å². The normalized spacial score (nSPS) is 19.6. The number of hydrogen-bond acceptors (Lipinski definition) is 3. The first kappa shape index (κ1) is 11.0. The maximum Gasteiger partial charge on any atom is 0.237 e. The van der Waals surface area contributed by atoms with Crippen LogP contribution < -0.4 is 11.1 Å². The molecule has 1 unspecified atom stereocenters. The smallest absolute Gasteiger partial charge is 0.237 e. The third-order valence-electron chi connectivity index (χ3n) is 2.21. The zero-order valence-corrected chi connectivity index (χ0v) is 10.4. The van der Waals surface area contributed by atoms with Gasteiger partial charge in [-0.15, -0.1) is 11.8 Å². The van der Waals surface area contributed by atoms with Crippen LogP contribution in [0.25, 0.3) is 0 Å². The molecule has 0 spiro atoms. The van der Waals surface area contributed by atoms with Crippen LogP contribution in [0.3, 0.4) is 0 Å². The molecular formula is C10H11BrN2OS. The average Bonchev–Trinajstić information content (AvgIpc) is 2.21. The maximum atomic E-state index is 11.7. The van der Waals surface area contributed by atoms with Crippen molar-refractivity contribution in [1.82, 2.24) is 0 Å². The molecule has 0 radical (unpaired) electrons. The van der Waals surface area contributed by atoms with Gasteiger partial charge in [0.05, 0.1) is 10.9 Å². The molecule has 3 N–H and O–H groups in total. The first-order chi connectivity index (χ1) is 7.22. The van der Waals surface area contributed by atoms with Crippen LogP contribution in [0, 0.1) is 0 Å². The number of para-hydroxylation sites is 1. The second-order valence-corrected chi connectivity index (χ2v) is 5.38. The third-order valence-corrected chi connectivity index (χ3v) is 4.20. The minimum absolute atomic E-state index is 0.0462. The fourth-order valence-electron chi connectivity index (χ4n) is 1.48. The second kappa shape index (κ2) is 4.55. The summed E-state index contributed by atoms with van der Waals surface area (Å²) in [6.45, 7) is 0.536. The Labute approximate surface area is 101 Å². The predicted octanol–water partition coefficient (Wildman–Crippen LogP) is 2.21. The van der Waals surface area contributed by atoms with E-state index in [-0.39, 0.29) is 11.2 Å². The van der Waals surface area contributed by atoms with E-state index in [1.807, 2.05) is 18.2 Å². The van der Waals surface area contributed by atoms with E-state index in [0.717, 1.165) is 15.1 Å². The fraction of sp³-hybridized carbons (Fsp3) is 0.300. The Balaban J connectivity index is 2.30. The van der Waals surface area contributed by atoms with E-state index in [4.69, 9.17) is 5.73 Å². The van der Waals surface area contributed by atoms with Gasteiger partial charge in [0.25, 0.3) is 0 Å². The molecule has 1 heterocycles. The molecule has 0 fully saturated rings. The number of rotatable bonds is 2. The van der Waals surface area contributed by atoms with Gasteiger partial charge >= 0.3 is 0 Å². The highest BCUT2D eigenvalue weighted by molar-refractivity contribution is 9.10. The van der Waals surface area contributed by atoms with Crippen molar-refractivity contribution in [2.75, 3.05) is 11.9 Å². The Hall–Kier alpha value is -0.520. The molecule has 1 aromatic rings. The molecule has 1 aromatic carbocycles. The molecule has 2 rings (SSSR count). The summed E-state index contributed by atoms with van der Waals surface area (Å²) < 4.78 is 0.923. The van der Waals surface area contributed by atoms with Crippen molar-refractivity contribution in [2.24, 2.45) is 5.73 Å². The van der Waals surface area contributed by atoms with Gasteiger partial charge in [0.2, 0.25) is 5.91 Å². The van der Waals surface area contributed by atoms with E-state index in [1.165, 1.54) is 0 Å². The van der Waals surface area contributed by atoms with Crippen LogP contribution in [0.5, 0.6) is 0 Å². The molecule has 0 saturated carbocycles. The summed E-state index contributed by atoms with van der Waals surface area (Å²) in [5.41, 5.74) is 6.34. The van der Waals surface area contributed by atoms with Gasteiger partial charge in [-0.25, -0.2) is 0 Å². The summed E-state index contributed by atoms with van der Waals surface area (Å²) in [5, 5.41) is 2.84. The molecule has 80 valence electrons. The highest BCUT2D eigenvalue weighted by atomic mass is 79.9. The highest BCUT2D eigenvalue weighted by Gasteiger charge is 2.27. The van der Waals surface area contributed by atoms with Gasteiger partial charge in [0.15, 0.2) is 0 Å². The number of nitrogens with one attached hydrogen (secondary N) is 1. The number of fused-ring (bicyclic) bond motifs is 1. The monoisotopic (exact) mass is 286 g/mol. The lowest BCUT2D eigenvalue weighted by molar-refractivity contribution is -0.115. The largest absolute Gasteiger partial charge is 0.330 e. The summed E-state index contributed by atoms with van der Waals surface area (Å²) in [4.78, 5) is 12.8. The maximum absolute atomic E-state index is 11.7. The van der Waals surface area contributed by atoms with Gasteiger partial charge in [-0.3, -0.25) is 4.79 Å². The Kier molecular flexibility index (Phi) is 3.33. The van der Waals surface area contributed by atoms with Crippen LogP contribution in [-0.2, 0) is 4.79 Å². The number of thioether (sulfide) groups is 1. The van der Waals surface area contributed by atoms with E-state index in [2.05, 4.69) is 21.2 Å². The van der Waals surface area contributed by atoms with Crippen molar-refractivity contribution >= 4 is 39.3 Å². The van der Waals surface area contributed by atoms with Crippen LogP contribution in [0.1, 0.15) is 6.42 Å². The van der Waals surface area contributed by atoms with E-state index in [1.54, 1.807) is 11.8 Å². The van der Waals surface area contributed by atoms with Crippen molar-refractivity contribution in [3.63, 3.8) is 0 Å². The lowest BCUT2D eigenvalue weighted by Gasteiger charge is -2.24. The molecule has 1 atom stereocenters. The Morgan fingerprint density at radius 1 is 1.53 bits per heavy atom. The van der Waals surface area contributed by atoms with Gasteiger partial charge in [-0.05, 0) is 41.0 Å². The molecule has 15 heavy (non-hydrogen) atoms. The number of carbonyl (C=O) groups is 1. The molecule has 1 aliphatic rings. The van der Waals surface area contributed by atoms with Crippen LogP contribution >= 0.6 is 27.7 Å². The summed E-state index contributed by atoms with van der Waals surface area (Å²) in [6.07, 6.45) is 0.711.